The molecule has 1 atom stereocenters. The lowest BCUT2D eigenvalue weighted by Crippen LogP contribution is -2.37. The number of rotatable bonds is 5. The van der Waals surface area contributed by atoms with Crippen LogP contribution in [-0.4, -0.2) is 26.9 Å². The van der Waals surface area contributed by atoms with Crippen LogP contribution in [0.5, 0.6) is 0 Å². The van der Waals surface area contributed by atoms with Gasteiger partial charge >= 0.3 is 0 Å². The fourth-order valence-electron chi connectivity index (χ4n) is 4.57. The summed E-state index contributed by atoms with van der Waals surface area (Å²) in [6, 6.07) is 25.7. The summed E-state index contributed by atoms with van der Waals surface area (Å²) in [6.07, 6.45) is 0. The molecule has 0 fully saturated rings. The zero-order valence-corrected chi connectivity index (χ0v) is 19.5. The molecule has 1 unspecified atom stereocenters. The van der Waals surface area contributed by atoms with Gasteiger partial charge in [0.2, 0.25) is 0 Å². The van der Waals surface area contributed by atoms with Crippen molar-refractivity contribution in [2.75, 3.05) is 6.54 Å². The van der Waals surface area contributed by atoms with Gasteiger partial charge in [0.05, 0.1) is 22.6 Å². The molecule has 0 saturated heterocycles. The van der Waals surface area contributed by atoms with Crippen molar-refractivity contribution in [3.05, 3.63) is 119 Å². The molecule has 174 valence electrons. The van der Waals surface area contributed by atoms with E-state index in [1.165, 1.54) is 16.7 Å². The molecule has 0 radical (unpaired) electrons. The molecule has 0 N–H and O–H groups in total. The second kappa shape index (κ2) is 9.14. The Balaban J connectivity index is 1.68. The molecular formula is C29H24FN3O2. The molecule has 5 aromatic rings. The Kier molecular flexibility index (Phi) is 5.87. The van der Waals surface area contributed by atoms with Crippen molar-refractivity contribution < 1.29 is 9.18 Å². The number of fused-ring (bicyclic) bond motifs is 2. The van der Waals surface area contributed by atoms with E-state index in [1.807, 2.05) is 62.4 Å². The molecule has 0 saturated carbocycles. The largest absolute Gasteiger partial charge is 0.329 e. The van der Waals surface area contributed by atoms with Gasteiger partial charge in [0.1, 0.15) is 11.6 Å². The van der Waals surface area contributed by atoms with Crippen molar-refractivity contribution in [1.29, 1.82) is 0 Å². The van der Waals surface area contributed by atoms with E-state index in [9.17, 15) is 14.0 Å². The summed E-state index contributed by atoms with van der Waals surface area (Å²) in [5.74, 6) is -0.132. The number of carbonyl (C=O) groups excluding carboxylic acids is 1. The number of hydrogen-bond acceptors (Lipinski definition) is 3. The molecule has 4 aromatic carbocycles. The van der Waals surface area contributed by atoms with Crippen LogP contribution in [0.3, 0.4) is 0 Å². The highest BCUT2D eigenvalue weighted by molar-refractivity contribution is 6.07. The second-order valence-electron chi connectivity index (χ2n) is 8.40. The van der Waals surface area contributed by atoms with E-state index in [2.05, 4.69) is 0 Å². The molecule has 6 heteroatoms. The normalized spacial score (nSPS) is 12.1. The summed E-state index contributed by atoms with van der Waals surface area (Å²) < 4.78 is 15.1. The molecule has 5 nitrogen and oxygen atoms in total. The average molecular weight is 466 g/mol. The van der Waals surface area contributed by atoms with Gasteiger partial charge in [0.15, 0.2) is 0 Å². The molecule has 0 spiro atoms. The van der Waals surface area contributed by atoms with Crippen LogP contribution in [0.25, 0.3) is 27.4 Å². The van der Waals surface area contributed by atoms with Gasteiger partial charge in [-0.05, 0) is 67.1 Å². The number of amides is 1. The number of para-hydroxylation sites is 1. The summed E-state index contributed by atoms with van der Waals surface area (Å²) in [6.45, 7) is 4.18. The van der Waals surface area contributed by atoms with E-state index < -0.39 is 11.9 Å². The highest BCUT2D eigenvalue weighted by Gasteiger charge is 2.27. The minimum atomic E-state index is -0.533. The third-order valence-corrected chi connectivity index (χ3v) is 6.35. The number of benzene rings is 4. The van der Waals surface area contributed by atoms with Crippen molar-refractivity contribution in [3.63, 3.8) is 0 Å². The number of nitrogens with zero attached hydrogens (tertiary/aromatic N) is 3. The molecule has 1 amide bonds. The minimum absolute atomic E-state index is 0.148. The van der Waals surface area contributed by atoms with Crippen LogP contribution in [0.1, 0.15) is 36.1 Å². The van der Waals surface area contributed by atoms with Gasteiger partial charge in [-0.2, -0.15) is 0 Å². The quantitative estimate of drug-likeness (QED) is 0.325. The summed E-state index contributed by atoms with van der Waals surface area (Å²) in [5, 5.41) is 2.30. The van der Waals surface area contributed by atoms with Gasteiger partial charge in [0, 0.05) is 12.1 Å². The molecular weight excluding hydrogens is 441 g/mol. The number of hydrogen-bond donors (Lipinski definition) is 0. The molecule has 35 heavy (non-hydrogen) atoms. The Hall–Kier alpha value is -4.32. The SMILES string of the molecule is CCN(C(=O)c1cccc2ccccc12)C(C)c1nc2ccccc2c(=O)n1-c1ccc(F)cc1. The maximum atomic E-state index is 13.8. The molecule has 0 aliphatic rings. The predicted octanol–water partition coefficient (Wildman–Crippen LogP) is 5.90. The lowest BCUT2D eigenvalue weighted by atomic mass is 10.0. The standard InChI is InChI=1S/C29H24FN3O2/c1-3-32(28(34)24-13-8-10-20-9-4-5-11-23(20)24)19(2)27-31-26-14-7-6-12-25(26)29(35)33(27)22-17-15-21(30)16-18-22/h4-19H,3H2,1-2H3. The van der Waals surface area contributed by atoms with Gasteiger partial charge in [0.25, 0.3) is 11.5 Å². The predicted molar refractivity (Wildman–Crippen MR) is 136 cm³/mol. The summed E-state index contributed by atoms with van der Waals surface area (Å²) in [7, 11) is 0. The Morgan fingerprint density at radius 1 is 0.914 bits per heavy atom. The topological polar surface area (TPSA) is 55.2 Å². The Bertz CT molecular complexity index is 1600. The van der Waals surface area contributed by atoms with E-state index >= 15 is 0 Å². The first kappa shape index (κ1) is 22.5. The van der Waals surface area contributed by atoms with Crippen LogP contribution in [0, 0.1) is 5.82 Å². The van der Waals surface area contributed by atoms with Gasteiger partial charge in [-0.1, -0.05) is 48.5 Å². The smallest absolute Gasteiger partial charge is 0.266 e. The first-order valence-corrected chi connectivity index (χ1v) is 11.6. The van der Waals surface area contributed by atoms with Crippen molar-refractivity contribution >= 4 is 27.6 Å². The molecule has 1 heterocycles. The van der Waals surface area contributed by atoms with Gasteiger partial charge < -0.3 is 4.90 Å². The van der Waals surface area contributed by atoms with E-state index in [1.54, 1.807) is 35.2 Å². The highest BCUT2D eigenvalue weighted by Crippen LogP contribution is 2.27. The zero-order valence-electron chi connectivity index (χ0n) is 19.5. The molecule has 1 aromatic heterocycles. The maximum Gasteiger partial charge on any atom is 0.266 e. The Morgan fingerprint density at radius 3 is 2.31 bits per heavy atom. The van der Waals surface area contributed by atoms with E-state index in [0.717, 1.165) is 10.8 Å². The van der Waals surface area contributed by atoms with Crippen molar-refractivity contribution in [2.45, 2.75) is 19.9 Å². The maximum absolute atomic E-state index is 13.8. The monoisotopic (exact) mass is 465 g/mol. The van der Waals surface area contributed by atoms with Gasteiger partial charge in [-0.15, -0.1) is 0 Å². The number of halogens is 1. The fourth-order valence-corrected chi connectivity index (χ4v) is 4.57. The van der Waals surface area contributed by atoms with Crippen LogP contribution < -0.4 is 5.56 Å². The molecule has 0 aliphatic carbocycles. The average Bonchev–Trinajstić information content (AvgIpc) is 2.89. The summed E-state index contributed by atoms with van der Waals surface area (Å²) in [4.78, 5) is 33.9. The minimum Gasteiger partial charge on any atom is -0.329 e. The van der Waals surface area contributed by atoms with Crippen LogP contribution in [0.4, 0.5) is 4.39 Å². The lowest BCUT2D eigenvalue weighted by molar-refractivity contribution is 0.0695. The van der Waals surface area contributed by atoms with Crippen molar-refractivity contribution in [2.24, 2.45) is 0 Å². The Labute approximate surface area is 202 Å². The Morgan fingerprint density at radius 2 is 1.57 bits per heavy atom. The van der Waals surface area contributed by atoms with Crippen LogP contribution in [0.2, 0.25) is 0 Å². The summed E-state index contributed by atoms with van der Waals surface area (Å²) >= 11 is 0. The summed E-state index contributed by atoms with van der Waals surface area (Å²) in [5.41, 5.74) is 1.36. The second-order valence-corrected chi connectivity index (χ2v) is 8.40. The van der Waals surface area contributed by atoms with Crippen molar-refractivity contribution in [1.82, 2.24) is 14.5 Å². The first-order chi connectivity index (χ1) is 17.0. The van der Waals surface area contributed by atoms with Crippen LogP contribution in [0.15, 0.2) is 95.8 Å². The zero-order chi connectivity index (χ0) is 24.5. The third-order valence-electron chi connectivity index (χ3n) is 6.35. The van der Waals surface area contributed by atoms with E-state index in [0.29, 0.717) is 34.5 Å². The van der Waals surface area contributed by atoms with Crippen LogP contribution >= 0.6 is 0 Å². The van der Waals surface area contributed by atoms with Gasteiger partial charge in [-0.25, -0.2) is 9.37 Å². The van der Waals surface area contributed by atoms with E-state index in [-0.39, 0.29) is 11.5 Å². The lowest BCUT2D eigenvalue weighted by Gasteiger charge is -2.30. The first-order valence-electron chi connectivity index (χ1n) is 11.6. The van der Waals surface area contributed by atoms with Gasteiger partial charge in [-0.3, -0.25) is 14.2 Å². The van der Waals surface area contributed by atoms with E-state index in [4.69, 9.17) is 4.98 Å². The van der Waals surface area contributed by atoms with Crippen LogP contribution in [-0.2, 0) is 0 Å². The third kappa shape index (κ3) is 3.97. The molecule has 5 rings (SSSR count). The van der Waals surface area contributed by atoms with Crippen molar-refractivity contribution in [3.8, 4) is 5.69 Å². The molecule has 0 bridgehead atoms. The fraction of sp³-hybridized carbons (Fsp3) is 0.138. The number of carbonyl (C=O) groups is 1. The molecule has 0 aliphatic heterocycles. The highest BCUT2D eigenvalue weighted by atomic mass is 19.1. The number of aromatic nitrogens is 2.